The maximum Gasteiger partial charge on any atom is 0.148 e. The van der Waals surface area contributed by atoms with E-state index < -0.39 is 9.84 Å². The standard InChI is InChI=1S/C11H23NO3S/c1-8(7-16(4,13)14)12-11-5-9(2)15-10(3)6-11/h8-12H,5-7H2,1-4H3. The second kappa shape index (κ2) is 5.47. The summed E-state index contributed by atoms with van der Waals surface area (Å²) in [6.45, 7) is 6.04. The van der Waals surface area contributed by atoms with Crippen LogP contribution in [0.1, 0.15) is 33.6 Å². The lowest BCUT2D eigenvalue weighted by molar-refractivity contribution is -0.0429. The zero-order valence-electron chi connectivity index (χ0n) is 10.6. The minimum absolute atomic E-state index is 0.0116. The predicted octanol–water partition coefficient (Wildman–Crippen LogP) is 0.965. The Labute approximate surface area is 98.7 Å². The van der Waals surface area contributed by atoms with E-state index in [1.54, 1.807) is 0 Å². The smallest absolute Gasteiger partial charge is 0.148 e. The molecule has 0 aliphatic carbocycles. The summed E-state index contributed by atoms with van der Waals surface area (Å²) in [5.74, 6) is 0.202. The van der Waals surface area contributed by atoms with Crippen molar-refractivity contribution < 1.29 is 13.2 Å². The van der Waals surface area contributed by atoms with Gasteiger partial charge < -0.3 is 10.1 Å². The van der Waals surface area contributed by atoms with E-state index in [0.29, 0.717) is 6.04 Å². The molecule has 5 heteroatoms. The van der Waals surface area contributed by atoms with Gasteiger partial charge in [0.05, 0.1) is 18.0 Å². The molecule has 1 N–H and O–H groups in total. The van der Waals surface area contributed by atoms with Crippen molar-refractivity contribution in [3.05, 3.63) is 0 Å². The lowest BCUT2D eigenvalue weighted by Crippen LogP contribution is -2.46. The quantitative estimate of drug-likeness (QED) is 0.806. The van der Waals surface area contributed by atoms with Crippen molar-refractivity contribution >= 4 is 9.84 Å². The van der Waals surface area contributed by atoms with Gasteiger partial charge in [0, 0.05) is 18.3 Å². The summed E-state index contributed by atoms with van der Waals surface area (Å²) in [6.07, 6.45) is 3.70. The van der Waals surface area contributed by atoms with Crippen molar-refractivity contribution in [2.24, 2.45) is 0 Å². The van der Waals surface area contributed by atoms with Crippen LogP contribution >= 0.6 is 0 Å². The van der Waals surface area contributed by atoms with Crippen molar-refractivity contribution in [3.8, 4) is 0 Å². The molecule has 0 bridgehead atoms. The largest absolute Gasteiger partial charge is 0.375 e. The fourth-order valence-electron chi connectivity index (χ4n) is 2.45. The number of hydrogen-bond acceptors (Lipinski definition) is 4. The van der Waals surface area contributed by atoms with Crippen LogP contribution in [0.15, 0.2) is 0 Å². The molecular formula is C11H23NO3S. The van der Waals surface area contributed by atoms with Crippen LogP contribution in [-0.4, -0.2) is 44.7 Å². The number of nitrogens with one attached hydrogen (secondary N) is 1. The highest BCUT2D eigenvalue weighted by molar-refractivity contribution is 7.90. The summed E-state index contributed by atoms with van der Waals surface area (Å²) in [7, 11) is -2.89. The van der Waals surface area contributed by atoms with E-state index in [4.69, 9.17) is 4.74 Å². The lowest BCUT2D eigenvalue weighted by Gasteiger charge is -2.34. The number of sulfone groups is 1. The fraction of sp³-hybridized carbons (Fsp3) is 1.00. The third-order valence-corrected chi connectivity index (χ3v) is 3.88. The normalized spacial score (nSPS) is 33.6. The average molecular weight is 249 g/mol. The van der Waals surface area contributed by atoms with Gasteiger partial charge in [-0.15, -0.1) is 0 Å². The van der Waals surface area contributed by atoms with Crippen LogP contribution < -0.4 is 5.32 Å². The average Bonchev–Trinajstić information content (AvgIpc) is 1.96. The lowest BCUT2D eigenvalue weighted by atomic mass is 9.99. The molecule has 1 saturated heterocycles. The van der Waals surface area contributed by atoms with Crippen LogP contribution in [0.5, 0.6) is 0 Å². The van der Waals surface area contributed by atoms with E-state index in [2.05, 4.69) is 19.2 Å². The summed E-state index contributed by atoms with van der Waals surface area (Å²) < 4.78 is 27.9. The minimum Gasteiger partial charge on any atom is -0.375 e. The molecule has 0 saturated carbocycles. The van der Waals surface area contributed by atoms with Crippen LogP contribution in [-0.2, 0) is 14.6 Å². The summed E-state index contributed by atoms with van der Waals surface area (Å²) in [6, 6.07) is 0.382. The van der Waals surface area contributed by atoms with Gasteiger partial charge in [-0.2, -0.15) is 0 Å². The van der Waals surface area contributed by atoms with Gasteiger partial charge in [-0.3, -0.25) is 0 Å². The van der Waals surface area contributed by atoms with Crippen molar-refractivity contribution in [1.82, 2.24) is 5.32 Å². The Bertz CT molecular complexity index is 305. The van der Waals surface area contributed by atoms with Crippen LogP contribution in [0, 0.1) is 0 Å². The molecule has 96 valence electrons. The van der Waals surface area contributed by atoms with Crippen molar-refractivity contribution in [1.29, 1.82) is 0 Å². The minimum atomic E-state index is -2.89. The van der Waals surface area contributed by atoms with E-state index in [1.165, 1.54) is 6.26 Å². The molecule has 1 aliphatic heterocycles. The third-order valence-electron chi connectivity index (χ3n) is 2.77. The zero-order valence-corrected chi connectivity index (χ0v) is 11.4. The van der Waals surface area contributed by atoms with Crippen LogP contribution in [0.2, 0.25) is 0 Å². The number of rotatable bonds is 4. The van der Waals surface area contributed by atoms with Crippen molar-refractivity contribution in [2.45, 2.75) is 57.9 Å². The SMILES string of the molecule is CC(CS(C)(=O)=O)NC1CC(C)OC(C)C1. The van der Waals surface area contributed by atoms with Crippen LogP contribution in [0.3, 0.4) is 0 Å². The highest BCUT2D eigenvalue weighted by atomic mass is 32.2. The van der Waals surface area contributed by atoms with Gasteiger partial charge in [-0.05, 0) is 33.6 Å². The van der Waals surface area contributed by atoms with Crippen LogP contribution in [0.4, 0.5) is 0 Å². The monoisotopic (exact) mass is 249 g/mol. The predicted molar refractivity (Wildman–Crippen MR) is 65.3 cm³/mol. The fourth-order valence-corrected chi connectivity index (χ4v) is 3.45. The molecule has 1 aliphatic rings. The molecule has 1 fully saturated rings. The Kier molecular flexibility index (Phi) is 4.76. The number of ether oxygens (including phenoxy) is 1. The molecule has 3 atom stereocenters. The Hall–Kier alpha value is -0.130. The first-order valence-corrected chi connectivity index (χ1v) is 7.91. The first-order valence-electron chi connectivity index (χ1n) is 5.85. The maximum atomic E-state index is 11.1. The molecule has 3 unspecified atom stereocenters. The molecular weight excluding hydrogens is 226 g/mol. The molecule has 0 aromatic rings. The van der Waals surface area contributed by atoms with Crippen LogP contribution in [0.25, 0.3) is 0 Å². The van der Waals surface area contributed by atoms with Gasteiger partial charge in [0.25, 0.3) is 0 Å². The van der Waals surface area contributed by atoms with Gasteiger partial charge in [0.15, 0.2) is 0 Å². The Balaban J connectivity index is 2.41. The Morgan fingerprint density at radius 1 is 1.31 bits per heavy atom. The molecule has 16 heavy (non-hydrogen) atoms. The van der Waals surface area contributed by atoms with E-state index in [-0.39, 0.29) is 24.0 Å². The van der Waals surface area contributed by atoms with Gasteiger partial charge in [-0.1, -0.05) is 0 Å². The first-order chi connectivity index (χ1) is 7.26. The highest BCUT2D eigenvalue weighted by Gasteiger charge is 2.25. The zero-order chi connectivity index (χ0) is 12.3. The molecule has 1 rings (SSSR count). The third kappa shape index (κ3) is 5.27. The topological polar surface area (TPSA) is 55.4 Å². The van der Waals surface area contributed by atoms with Gasteiger partial charge >= 0.3 is 0 Å². The van der Waals surface area contributed by atoms with E-state index in [1.807, 2.05) is 6.92 Å². The first kappa shape index (κ1) is 13.9. The molecule has 0 radical (unpaired) electrons. The molecule has 4 nitrogen and oxygen atoms in total. The maximum absolute atomic E-state index is 11.1. The highest BCUT2D eigenvalue weighted by Crippen LogP contribution is 2.19. The molecule has 1 heterocycles. The summed E-state index contributed by atoms with van der Waals surface area (Å²) in [5.41, 5.74) is 0. The second-order valence-corrected chi connectivity index (χ2v) is 7.27. The summed E-state index contributed by atoms with van der Waals surface area (Å²) in [5, 5.41) is 3.38. The second-order valence-electron chi connectivity index (χ2n) is 5.09. The number of hydrogen-bond donors (Lipinski definition) is 1. The summed E-state index contributed by atoms with van der Waals surface area (Å²) in [4.78, 5) is 0. The molecule has 0 amide bonds. The molecule has 0 aromatic carbocycles. The Morgan fingerprint density at radius 2 is 1.81 bits per heavy atom. The van der Waals surface area contributed by atoms with E-state index >= 15 is 0 Å². The Morgan fingerprint density at radius 3 is 2.25 bits per heavy atom. The van der Waals surface area contributed by atoms with Gasteiger partial charge in [0.2, 0.25) is 0 Å². The van der Waals surface area contributed by atoms with E-state index in [0.717, 1.165) is 12.8 Å². The van der Waals surface area contributed by atoms with Gasteiger partial charge in [0.1, 0.15) is 9.84 Å². The molecule has 0 spiro atoms. The van der Waals surface area contributed by atoms with Crippen molar-refractivity contribution in [3.63, 3.8) is 0 Å². The van der Waals surface area contributed by atoms with Gasteiger partial charge in [-0.25, -0.2) is 8.42 Å². The molecule has 0 aromatic heterocycles. The van der Waals surface area contributed by atoms with E-state index in [9.17, 15) is 8.42 Å². The van der Waals surface area contributed by atoms with Crippen molar-refractivity contribution in [2.75, 3.05) is 12.0 Å². The summed E-state index contributed by atoms with van der Waals surface area (Å²) >= 11 is 0.